The normalized spacial score (nSPS) is 13.9. The Bertz CT molecular complexity index is 116. The van der Waals surface area contributed by atoms with Crippen LogP contribution in [0.2, 0.25) is 0 Å². The minimum absolute atomic E-state index is 0.412. The maximum absolute atomic E-state index is 8.96. The summed E-state index contributed by atoms with van der Waals surface area (Å²) in [7, 11) is 1.64. The first kappa shape index (κ1) is 8.82. The number of hydroxylamine groups is 1. The molecule has 0 aromatic rings. The fourth-order valence-corrected chi connectivity index (χ4v) is 1.48. The van der Waals surface area contributed by atoms with Crippen LogP contribution in [0, 0.1) is 5.92 Å². The van der Waals surface area contributed by atoms with Gasteiger partial charge in [-0.3, -0.25) is 5.21 Å². The van der Waals surface area contributed by atoms with Crippen LogP contribution in [0.4, 0.5) is 0 Å². The molecule has 0 aromatic carbocycles. The van der Waals surface area contributed by atoms with E-state index in [1.807, 2.05) is 6.26 Å². The van der Waals surface area contributed by atoms with Crippen molar-refractivity contribution in [3.05, 3.63) is 0 Å². The van der Waals surface area contributed by atoms with Crippen LogP contribution >= 0.6 is 11.8 Å². The third-order valence-electron chi connectivity index (χ3n) is 1.02. The molecule has 0 spiro atoms. The van der Waals surface area contributed by atoms with Gasteiger partial charge in [0.2, 0.25) is 0 Å². The Kier molecular flexibility index (Phi) is 3.70. The molecule has 54 valence electrons. The van der Waals surface area contributed by atoms with Gasteiger partial charge in [-0.1, -0.05) is 25.6 Å². The lowest BCUT2D eigenvalue weighted by molar-refractivity contribution is -0.753. The topological polar surface area (TPSA) is 23.2 Å². The van der Waals surface area contributed by atoms with Crippen LogP contribution in [0.3, 0.4) is 0 Å². The molecule has 0 unspecified atom stereocenters. The van der Waals surface area contributed by atoms with Gasteiger partial charge in [0.25, 0.3) is 5.04 Å². The Morgan fingerprint density at radius 1 is 1.56 bits per heavy atom. The van der Waals surface area contributed by atoms with E-state index in [1.165, 1.54) is 4.74 Å². The molecule has 0 amide bonds. The molecule has 0 fully saturated rings. The Labute approximate surface area is 60.5 Å². The average molecular weight is 148 g/mol. The van der Waals surface area contributed by atoms with Crippen molar-refractivity contribution in [3.63, 3.8) is 0 Å². The van der Waals surface area contributed by atoms with Crippen molar-refractivity contribution in [1.82, 2.24) is 0 Å². The fraction of sp³-hybridized carbons (Fsp3) is 0.833. The quantitative estimate of drug-likeness (QED) is 0.200. The summed E-state index contributed by atoms with van der Waals surface area (Å²) < 4.78 is 1.18. The maximum Gasteiger partial charge on any atom is 0.262 e. The van der Waals surface area contributed by atoms with Crippen LogP contribution in [0.25, 0.3) is 0 Å². The largest absolute Gasteiger partial charge is 0.290 e. The summed E-state index contributed by atoms with van der Waals surface area (Å²) in [5.41, 5.74) is 0. The number of hydrogen-bond donors (Lipinski definition) is 1. The Morgan fingerprint density at radius 3 is 2.00 bits per heavy atom. The summed E-state index contributed by atoms with van der Waals surface area (Å²) in [4.78, 5) is 0. The summed E-state index contributed by atoms with van der Waals surface area (Å²) in [5.74, 6) is 0.412. The molecule has 0 rings (SSSR count). The molecule has 2 nitrogen and oxygen atoms in total. The Hall–Kier alpha value is -0.180. The molecule has 0 bridgehead atoms. The minimum Gasteiger partial charge on any atom is -0.290 e. The first-order valence-electron chi connectivity index (χ1n) is 2.93. The van der Waals surface area contributed by atoms with Crippen molar-refractivity contribution in [1.29, 1.82) is 0 Å². The van der Waals surface area contributed by atoms with Crippen molar-refractivity contribution < 1.29 is 9.95 Å². The van der Waals surface area contributed by atoms with E-state index in [4.69, 9.17) is 5.21 Å². The average Bonchev–Trinajstić information content (AvgIpc) is 1.64. The fourth-order valence-electron chi connectivity index (χ4n) is 0.741. The highest BCUT2D eigenvalue weighted by Crippen LogP contribution is 2.06. The highest BCUT2D eigenvalue weighted by atomic mass is 32.2. The molecule has 3 heteroatoms. The highest BCUT2D eigenvalue weighted by molar-refractivity contribution is 8.13. The zero-order valence-electron chi connectivity index (χ0n) is 6.38. The second-order valence-corrected chi connectivity index (χ2v) is 3.05. The smallest absolute Gasteiger partial charge is 0.262 e. The summed E-state index contributed by atoms with van der Waals surface area (Å²) in [6.07, 6.45) is 1.96. The third kappa shape index (κ3) is 2.75. The van der Waals surface area contributed by atoms with Crippen LogP contribution < -0.4 is 0 Å². The summed E-state index contributed by atoms with van der Waals surface area (Å²) in [6, 6.07) is 0. The lowest BCUT2D eigenvalue weighted by Gasteiger charge is -1.99. The van der Waals surface area contributed by atoms with Gasteiger partial charge < -0.3 is 0 Å². The summed E-state index contributed by atoms with van der Waals surface area (Å²) in [5, 5.41) is 9.95. The van der Waals surface area contributed by atoms with E-state index in [0.717, 1.165) is 5.04 Å². The first-order valence-corrected chi connectivity index (χ1v) is 4.15. The summed E-state index contributed by atoms with van der Waals surface area (Å²) in [6.45, 7) is 4.11. The van der Waals surface area contributed by atoms with Gasteiger partial charge >= 0.3 is 0 Å². The lowest BCUT2D eigenvalue weighted by Crippen LogP contribution is -2.15. The minimum atomic E-state index is 0.412. The van der Waals surface area contributed by atoms with Crippen LogP contribution in [-0.4, -0.2) is 28.3 Å². The van der Waals surface area contributed by atoms with Crippen molar-refractivity contribution >= 4 is 16.8 Å². The summed E-state index contributed by atoms with van der Waals surface area (Å²) >= 11 is 1.58. The van der Waals surface area contributed by atoms with E-state index in [2.05, 4.69) is 13.8 Å². The van der Waals surface area contributed by atoms with Crippen molar-refractivity contribution in [2.45, 2.75) is 13.8 Å². The molecule has 0 heterocycles. The van der Waals surface area contributed by atoms with Crippen LogP contribution in [0.15, 0.2) is 0 Å². The maximum atomic E-state index is 8.96. The second-order valence-electron chi connectivity index (χ2n) is 2.22. The Morgan fingerprint density at radius 2 is 2.00 bits per heavy atom. The van der Waals surface area contributed by atoms with E-state index in [0.29, 0.717) is 5.92 Å². The van der Waals surface area contributed by atoms with Crippen molar-refractivity contribution in [2.75, 3.05) is 13.3 Å². The van der Waals surface area contributed by atoms with Gasteiger partial charge in [0.1, 0.15) is 0 Å². The zero-order chi connectivity index (χ0) is 7.44. The standard InChI is InChI=1S/C6H14NOS/c1-5(2)6(9-4)7(3)8/h5,8H,1-4H3/q+1/b7-6+. The molecule has 0 aromatic heterocycles. The van der Waals surface area contributed by atoms with Crippen molar-refractivity contribution in [3.8, 4) is 0 Å². The van der Waals surface area contributed by atoms with Crippen molar-refractivity contribution in [2.24, 2.45) is 5.92 Å². The molecule has 0 saturated heterocycles. The number of nitrogens with zero attached hydrogens (tertiary/aromatic N) is 1. The molecule has 0 aliphatic rings. The van der Waals surface area contributed by atoms with Crippen LogP contribution in [0.1, 0.15) is 13.8 Å². The first-order chi connectivity index (χ1) is 4.09. The molecule has 1 N–H and O–H groups in total. The third-order valence-corrected chi connectivity index (χ3v) is 2.18. The molecule has 9 heavy (non-hydrogen) atoms. The molecular formula is C6H14NOS+. The van der Waals surface area contributed by atoms with Crippen LogP contribution in [0.5, 0.6) is 0 Å². The zero-order valence-corrected chi connectivity index (χ0v) is 7.20. The van der Waals surface area contributed by atoms with Gasteiger partial charge in [-0.05, 0) is 11.0 Å². The van der Waals surface area contributed by atoms with Gasteiger partial charge in [-0.2, -0.15) is 0 Å². The predicted octanol–water partition coefficient (Wildman–Crippen LogP) is 1.44. The van der Waals surface area contributed by atoms with E-state index >= 15 is 0 Å². The molecule has 0 aliphatic carbocycles. The molecule has 0 radical (unpaired) electrons. The van der Waals surface area contributed by atoms with E-state index in [9.17, 15) is 0 Å². The number of rotatable bonds is 1. The van der Waals surface area contributed by atoms with Gasteiger partial charge in [0.05, 0.1) is 0 Å². The van der Waals surface area contributed by atoms with Gasteiger partial charge in [-0.25, -0.2) is 0 Å². The van der Waals surface area contributed by atoms with Crippen LogP contribution in [-0.2, 0) is 0 Å². The van der Waals surface area contributed by atoms with Gasteiger partial charge in [0.15, 0.2) is 7.05 Å². The Balaban J connectivity index is 4.16. The van der Waals surface area contributed by atoms with E-state index < -0.39 is 0 Å². The molecule has 0 saturated carbocycles. The number of thioether (sulfide) groups is 1. The highest BCUT2D eigenvalue weighted by Gasteiger charge is 2.13. The predicted molar refractivity (Wildman–Crippen MR) is 41.3 cm³/mol. The molecular weight excluding hydrogens is 134 g/mol. The number of hydrogen-bond acceptors (Lipinski definition) is 2. The van der Waals surface area contributed by atoms with E-state index in [1.54, 1.807) is 18.8 Å². The second kappa shape index (κ2) is 3.77. The monoisotopic (exact) mass is 148 g/mol. The SMILES string of the molecule is CS/C(C(C)C)=[N+](\C)O. The van der Waals surface area contributed by atoms with E-state index in [-0.39, 0.29) is 0 Å². The van der Waals surface area contributed by atoms with Gasteiger partial charge in [0, 0.05) is 5.92 Å². The molecule has 0 aliphatic heterocycles. The molecule has 0 atom stereocenters. The van der Waals surface area contributed by atoms with Gasteiger partial charge in [-0.15, -0.1) is 0 Å². The lowest BCUT2D eigenvalue weighted by atomic mass is 10.2.